The van der Waals surface area contributed by atoms with Gasteiger partial charge in [-0.1, -0.05) is 29.4 Å². The minimum Gasteiger partial charge on any atom is -0.484 e. The molecular formula is C21H20ClN3O4. The number of para-hydroxylation sites is 1. The lowest BCUT2D eigenvalue weighted by molar-refractivity contribution is -0.118. The molecule has 3 aromatic rings. The largest absolute Gasteiger partial charge is 0.484 e. The van der Waals surface area contributed by atoms with E-state index in [0.29, 0.717) is 29.2 Å². The van der Waals surface area contributed by atoms with Crippen LogP contribution in [0.4, 0.5) is 11.4 Å². The van der Waals surface area contributed by atoms with Crippen molar-refractivity contribution >= 4 is 34.8 Å². The van der Waals surface area contributed by atoms with Crippen LogP contribution in [0.2, 0.25) is 5.22 Å². The molecular weight excluding hydrogens is 394 g/mol. The van der Waals surface area contributed by atoms with Gasteiger partial charge in [-0.2, -0.15) is 0 Å². The van der Waals surface area contributed by atoms with Gasteiger partial charge >= 0.3 is 0 Å². The second kappa shape index (κ2) is 9.75. The van der Waals surface area contributed by atoms with Crippen molar-refractivity contribution in [3.05, 3.63) is 71.1 Å². The van der Waals surface area contributed by atoms with E-state index in [1.54, 1.807) is 43.3 Å². The summed E-state index contributed by atoms with van der Waals surface area (Å²) in [6.45, 7) is 1.63. The van der Waals surface area contributed by atoms with Crippen molar-refractivity contribution in [2.75, 3.05) is 17.2 Å². The molecule has 0 fully saturated rings. The number of carbonyl (C=O) groups excluding carboxylic acids is 2. The summed E-state index contributed by atoms with van der Waals surface area (Å²) in [5, 5.41) is 9.51. The number of anilines is 2. The Hall–Kier alpha value is -3.32. The lowest BCUT2D eigenvalue weighted by Crippen LogP contribution is -2.20. The minimum absolute atomic E-state index is 0.141. The maximum absolute atomic E-state index is 12.2. The van der Waals surface area contributed by atoms with Crippen LogP contribution >= 0.6 is 11.6 Å². The van der Waals surface area contributed by atoms with Crippen molar-refractivity contribution in [1.82, 2.24) is 5.16 Å². The van der Waals surface area contributed by atoms with Gasteiger partial charge in [0.15, 0.2) is 6.61 Å². The monoisotopic (exact) mass is 413 g/mol. The molecule has 3 rings (SSSR count). The van der Waals surface area contributed by atoms with E-state index >= 15 is 0 Å². The van der Waals surface area contributed by atoms with Gasteiger partial charge in [0.25, 0.3) is 5.91 Å². The van der Waals surface area contributed by atoms with Gasteiger partial charge < -0.3 is 19.9 Å². The molecule has 1 aromatic heterocycles. The minimum atomic E-state index is -0.272. The van der Waals surface area contributed by atoms with Gasteiger partial charge in [0.2, 0.25) is 11.1 Å². The maximum atomic E-state index is 12.2. The fourth-order valence-corrected chi connectivity index (χ4v) is 2.90. The van der Waals surface area contributed by atoms with E-state index in [-0.39, 0.29) is 30.1 Å². The second-order valence-corrected chi connectivity index (χ2v) is 6.64. The summed E-state index contributed by atoms with van der Waals surface area (Å²) in [6.07, 6.45) is 0.655. The Kier molecular flexibility index (Phi) is 6.86. The zero-order valence-electron chi connectivity index (χ0n) is 15.8. The fraction of sp³-hybridized carbons (Fsp3) is 0.190. The summed E-state index contributed by atoms with van der Waals surface area (Å²) in [4.78, 5) is 24.2. The van der Waals surface area contributed by atoms with Crippen LogP contribution in [0.25, 0.3) is 0 Å². The van der Waals surface area contributed by atoms with E-state index in [1.807, 2.05) is 18.2 Å². The number of nitrogens with one attached hydrogen (secondary N) is 2. The highest BCUT2D eigenvalue weighted by atomic mass is 35.5. The molecule has 0 bridgehead atoms. The highest BCUT2D eigenvalue weighted by molar-refractivity contribution is 6.29. The molecule has 0 spiro atoms. The van der Waals surface area contributed by atoms with Gasteiger partial charge in [-0.25, -0.2) is 0 Å². The number of hydrogen-bond donors (Lipinski definition) is 2. The summed E-state index contributed by atoms with van der Waals surface area (Å²) >= 11 is 5.91. The Balaban J connectivity index is 1.48. The molecule has 1 heterocycles. The van der Waals surface area contributed by atoms with E-state index in [0.717, 1.165) is 5.56 Å². The molecule has 0 atom stereocenters. The summed E-state index contributed by atoms with van der Waals surface area (Å²) in [7, 11) is 0. The van der Waals surface area contributed by atoms with Gasteiger partial charge in [0, 0.05) is 29.4 Å². The number of hydrogen-bond acceptors (Lipinski definition) is 5. The molecule has 0 saturated carbocycles. The molecule has 2 N–H and O–H groups in total. The summed E-state index contributed by atoms with van der Waals surface area (Å²) in [5.74, 6) is 0.0242. The van der Waals surface area contributed by atoms with Crippen LogP contribution in [0.3, 0.4) is 0 Å². The van der Waals surface area contributed by atoms with E-state index in [9.17, 15) is 9.59 Å². The number of aryl methyl sites for hydroxylation is 1. The van der Waals surface area contributed by atoms with Gasteiger partial charge in [-0.05, 0) is 49.2 Å². The standard InChI is InChI=1S/C21H20ClN3O4/c1-14-18(21(22)29-25-14)10-11-19(26)24-16-8-5-9-17(12-16)28-13-20(27)23-15-6-3-2-4-7-15/h2-9,12H,10-11,13H2,1H3,(H,23,27)(H,24,26). The van der Waals surface area contributed by atoms with Crippen molar-refractivity contribution in [1.29, 1.82) is 0 Å². The molecule has 0 saturated heterocycles. The van der Waals surface area contributed by atoms with Gasteiger partial charge in [-0.15, -0.1) is 0 Å². The number of aromatic nitrogens is 1. The van der Waals surface area contributed by atoms with Crippen LogP contribution in [0.5, 0.6) is 5.75 Å². The van der Waals surface area contributed by atoms with Crippen LogP contribution in [0.15, 0.2) is 59.1 Å². The van der Waals surface area contributed by atoms with Crippen molar-refractivity contribution in [2.24, 2.45) is 0 Å². The highest BCUT2D eigenvalue weighted by Crippen LogP contribution is 2.21. The third-order valence-electron chi connectivity index (χ3n) is 4.08. The topological polar surface area (TPSA) is 93.5 Å². The van der Waals surface area contributed by atoms with Crippen molar-refractivity contribution in [3.8, 4) is 5.75 Å². The van der Waals surface area contributed by atoms with Crippen molar-refractivity contribution in [2.45, 2.75) is 19.8 Å². The first-order valence-electron chi connectivity index (χ1n) is 8.99. The maximum Gasteiger partial charge on any atom is 0.262 e. The predicted octanol–water partition coefficient (Wildman–Crippen LogP) is 4.23. The number of halogens is 1. The number of benzene rings is 2. The SMILES string of the molecule is Cc1noc(Cl)c1CCC(=O)Nc1cccc(OCC(=O)Nc2ccccc2)c1. The van der Waals surface area contributed by atoms with Gasteiger partial charge in [0.05, 0.1) is 5.69 Å². The number of rotatable bonds is 8. The van der Waals surface area contributed by atoms with Crippen molar-refractivity contribution < 1.29 is 18.8 Å². The molecule has 0 radical (unpaired) electrons. The second-order valence-electron chi connectivity index (χ2n) is 6.30. The number of nitrogens with zero attached hydrogens (tertiary/aromatic N) is 1. The molecule has 29 heavy (non-hydrogen) atoms. The van der Waals surface area contributed by atoms with Crippen LogP contribution in [0.1, 0.15) is 17.7 Å². The molecule has 0 aliphatic carbocycles. The van der Waals surface area contributed by atoms with Crippen LogP contribution < -0.4 is 15.4 Å². The average Bonchev–Trinajstić information content (AvgIpc) is 3.03. The normalized spacial score (nSPS) is 10.4. The zero-order chi connectivity index (χ0) is 20.6. The van der Waals surface area contributed by atoms with Crippen LogP contribution in [-0.4, -0.2) is 23.6 Å². The Morgan fingerprint density at radius 3 is 2.48 bits per heavy atom. The summed E-state index contributed by atoms with van der Waals surface area (Å²) in [5.41, 5.74) is 2.67. The lowest BCUT2D eigenvalue weighted by atomic mass is 10.1. The molecule has 2 amide bonds. The molecule has 0 aliphatic rings. The van der Waals surface area contributed by atoms with Crippen molar-refractivity contribution in [3.63, 3.8) is 0 Å². The summed E-state index contributed by atoms with van der Waals surface area (Å²) in [6, 6.07) is 16.0. The predicted molar refractivity (Wildman–Crippen MR) is 110 cm³/mol. The molecule has 7 nitrogen and oxygen atoms in total. The van der Waals surface area contributed by atoms with E-state index in [4.69, 9.17) is 20.9 Å². The molecule has 2 aromatic carbocycles. The molecule has 8 heteroatoms. The first-order chi connectivity index (χ1) is 14.0. The Morgan fingerprint density at radius 1 is 1.03 bits per heavy atom. The van der Waals surface area contributed by atoms with E-state index in [2.05, 4.69) is 15.8 Å². The Labute approximate surface area is 173 Å². The Bertz CT molecular complexity index is 969. The van der Waals surface area contributed by atoms with Crippen LogP contribution in [0, 0.1) is 6.92 Å². The number of carbonyl (C=O) groups is 2. The van der Waals surface area contributed by atoms with Gasteiger partial charge in [0.1, 0.15) is 5.75 Å². The van der Waals surface area contributed by atoms with E-state index < -0.39 is 0 Å². The smallest absolute Gasteiger partial charge is 0.262 e. The molecule has 0 aliphatic heterocycles. The fourth-order valence-electron chi connectivity index (χ4n) is 2.63. The Morgan fingerprint density at radius 2 is 1.76 bits per heavy atom. The molecule has 150 valence electrons. The third kappa shape index (κ3) is 6.08. The summed E-state index contributed by atoms with van der Waals surface area (Å²) < 4.78 is 10.4. The first kappa shape index (κ1) is 20.4. The lowest BCUT2D eigenvalue weighted by Gasteiger charge is -2.10. The van der Waals surface area contributed by atoms with Gasteiger partial charge in [-0.3, -0.25) is 9.59 Å². The number of amides is 2. The zero-order valence-corrected chi connectivity index (χ0v) is 16.5. The average molecular weight is 414 g/mol. The van der Waals surface area contributed by atoms with E-state index in [1.165, 1.54) is 0 Å². The van der Waals surface area contributed by atoms with Crippen LogP contribution in [-0.2, 0) is 16.0 Å². The third-order valence-corrected chi connectivity index (χ3v) is 4.38. The number of ether oxygens (including phenoxy) is 1. The highest BCUT2D eigenvalue weighted by Gasteiger charge is 2.13. The first-order valence-corrected chi connectivity index (χ1v) is 9.37. The quantitative estimate of drug-likeness (QED) is 0.576. The molecule has 0 unspecified atom stereocenters.